The van der Waals surface area contributed by atoms with Crippen molar-refractivity contribution in [1.82, 2.24) is 9.80 Å². The van der Waals surface area contributed by atoms with Gasteiger partial charge in [0.15, 0.2) is 23.0 Å². The van der Waals surface area contributed by atoms with Gasteiger partial charge in [0.05, 0.1) is 25.7 Å². The highest BCUT2D eigenvalue weighted by Gasteiger charge is 2.56. The predicted octanol–water partition coefficient (Wildman–Crippen LogP) is -0.600. The number of aliphatic hydroxyl groups is 6. The molecular formula is C23H34ClN3O10. The van der Waals surface area contributed by atoms with E-state index in [2.05, 4.69) is 4.99 Å². The zero-order valence-electron chi connectivity index (χ0n) is 20.7. The Morgan fingerprint density at radius 3 is 1.97 bits per heavy atom. The molecule has 0 saturated carbocycles. The highest BCUT2D eigenvalue weighted by atomic mass is 35.5. The second-order valence-electron chi connectivity index (χ2n) is 10.3. The molecule has 2 heterocycles. The van der Waals surface area contributed by atoms with Crippen LogP contribution in [0.3, 0.4) is 0 Å². The molecule has 10 N–H and O–H groups in total. The predicted molar refractivity (Wildman–Crippen MR) is 131 cm³/mol. The largest absolute Gasteiger partial charge is 0.504 e. The van der Waals surface area contributed by atoms with Gasteiger partial charge in [0.1, 0.15) is 16.4 Å². The van der Waals surface area contributed by atoms with E-state index >= 15 is 0 Å². The summed E-state index contributed by atoms with van der Waals surface area (Å²) in [5.74, 6) is -13.7. The number of hydrogen-bond donors (Lipinski definition) is 10. The number of hydrogen-bond acceptors (Lipinski definition) is 13. The minimum Gasteiger partial charge on any atom is -0.504 e. The van der Waals surface area contributed by atoms with Crippen LogP contribution in [0, 0.1) is 5.41 Å². The van der Waals surface area contributed by atoms with E-state index in [4.69, 9.17) is 11.6 Å². The number of nitrogens with zero attached hydrogens (tertiary/aromatic N) is 3. The van der Waals surface area contributed by atoms with Crippen molar-refractivity contribution in [3.05, 3.63) is 22.7 Å². The first-order chi connectivity index (χ1) is 16.8. The first kappa shape index (κ1) is 29.2. The fourth-order valence-electron chi connectivity index (χ4n) is 4.66. The third-order valence-corrected chi connectivity index (χ3v) is 6.91. The summed E-state index contributed by atoms with van der Waals surface area (Å²) in [5, 5.41) is 102. The molecule has 1 unspecified atom stereocenters. The third-order valence-electron chi connectivity index (χ3n) is 6.55. The van der Waals surface area contributed by atoms with Gasteiger partial charge < -0.3 is 56.0 Å². The van der Waals surface area contributed by atoms with E-state index in [1.165, 1.54) is 4.90 Å². The number of rotatable bonds is 8. The van der Waals surface area contributed by atoms with Gasteiger partial charge in [-0.25, -0.2) is 0 Å². The molecule has 0 aliphatic carbocycles. The van der Waals surface area contributed by atoms with E-state index in [1.807, 2.05) is 32.9 Å². The Kier molecular flexibility index (Phi) is 7.69. The lowest BCUT2D eigenvalue weighted by Gasteiger charge is -2.36. The molecule has 1 atom stereocenters. The Bertz CT molecular complexity index is 1060. The molecule has 0 radical (unpaired) electrons. The van der Waals surface area contributed by atoms with Crippen LogP contribution in [-0.2, 0) is 5.91 Å². The lowest BCUT2D eigenvalue weighted by molar-refractivity contribution is -0.328. The van der Waals surface area contributed by atoms with Gasteiger partial charge in [-0.3, -0.25) is 9.89 Å². The lowest BCUT2D eigenvalue weighted by Crippen LogP contribution is -2.53. The van der Waals surface area contributed by atoms with E-state index in [9.17, 15) is 51.1 Å². The smallest absolute Gasteiger partial charge is 0.283 e. The highest BCUT2D eigenvalue weighted by molar-refractivity contribution is 6.34. The van der Waals surface area contributed by atoms with E-state index in [-0.39, 0.29) is 24.3 Å². The van der Waals surface area contributed by atoms with Gasteiger partial charge in [-0.1, -0.05) is 44.5 Å². The van der Waals surface area contributed by atoms with Gasteiger partial charge in [-0.2, -0.15) is 0 Å². The lowest BCUT2D eigenvalue weighted by atomic mass is 9.85. The second-order valence-corrected chi connectivity index (χ2v) is 10.7. The van der Waals surface area contributed by atoms with Crippen molar-refractivity contribution in [3.8, 4) is 23.0 Å². The van der Waals surface area contributed by atoms with Gasteiger partial charge in [-0.05, 0) is 18.3 Å². The number of phenols is 4. The van der Waals surface area contributed by atoms with Crippen LogP contribution < -0.4 is 0 Å². The molecule has 1 fully saturated rings. The van der Waals surface area contributed by atoms with Crippen molar-refractivity contribution in [2.45, 2.75) is 57.1 Å². The zero-order valence-corrected chi connectivity index (χ0v) is 21.4. The van der Waals surface area contributed by atoms with E-state index in [1.54, 1.807) is 0 Å². The quantitative estimate of drug-likeness (QED) is 0.0852. The first-order valence-electron chi connectivity index (χ1n) is 11.6. The number of benzene rings is 1. The van der Waals surface area contributed by atoms with Crippen molar-refractivity contribution < 1.29 is 51.1 Å². The van der Waals surface area contributed by atoms with Crippen LogP contribution in [-0.4, -0.2) is 110 Å². The molecular weight excluding hydrogens is 514 g/mol. The average molecular weight is 548 g/mol. The van der Waals surface area contributed by atoms with Crippen LogP contribution in [0.2, 0.25) is 5.02 Å². The van der Waals surface area contributed by atoms with Crippen LogP contribution in [0.15, 0.2) is 17.1 Å². The van der Waals surface area contributed by atoms with Gasteiger partial charge in [0.25, 0.3) is 5.91 Å². The van der Waals surface area contributed by atoms with Crippen molar-refractivity contribution in [1.29, 1.82) is 0 Å². The number of allylic oxidation sites excluding steroid dienone is 2. The molecule has 1 aromatic rings. The molecule has 208 valence electrons. The molecule has 0 aromatic heterocycles. The SMILES string of the molecule is CCC=CC(C)(C)CC1CN(C(O)(O)c2c(O)c(O)c(Cl)c(O)c2O)C(CN2CC(O)(O)C(O)(O)C2)=N1. The molecule has 37 heavy (non-hydrogen) atoms. The fraction of sp³-hybridized carbons (Fsp3) is 0.609. The Morgan fingerprint density at radius 1 is 0.973 bits per heavy atom. The fourth-order valence-corrected chi connectivity index (χ4v) is 4.84. The Balaban J connectivity index is 2.02. The molecule has 0 spiro atoms. The number of halogens is 1. The highest BCUT2D eigenvalue weighted by Crippen LogP contribution is 2.53. The van der Waals surface area contributed by atoms with Crippen molar-refractivity contribution in [2.75, 3.05) is 26.2 Å². The number of β-amino-alcohol motifs (C(OH)–C–C–N with tert-alkyl or cyclic N) is 4. The summed E-state index contributed by atoms with van der Waals surface area (Å²) in [5.41, 5.74) is -1.44. The number of phenolic OH excluding ortho intramolecular Hbond substituents is 4. The molecule has 0 amide bonds. The maximum absolute atomic E-state index is 11.2. The second kappa shape index (κ2) is 9.75. The van der Waals surface area contributed by atoms with Crippen molar-refractivity contribution in [3.63, 3.8) is 0 Å². The molecule has 13 nitrogen and oxygen atoms in total. The molecule has 1 saturated heterocycles. The zero-order chi connectivity index (χ0) is 28.1. The Morgan fingerprint density at radius 2 is 1.49 bits per heavy atom. The monoisotopic (exact) mass is 547 g/mol. The molecule has 14 heteroatoms. The Labute approximate surface area is 218 Å². The average Bonchev–Trinajstić information content (AvgIpc) is 3.25. The van der Waals surface area contributed by atoms with E-state index < -0.39 is 70.2 Å². The summed E-state index contributed by atoms with van der Waals surface area (Å²) in [4.78, 5) is 6.62. The number of amidine groups is 1. The van der Waals surface area contributed by atoms with Crippen LogP contribution in [0.1, 0.15) is 39.2 Å². The van der Waals surface area contributed by atoms with Crippen LogP contribution in [0.5, 0.6) is 23.0 Å². The number of likely N-dealkylation sites (tertiary alicyclic amines) is 1. The minimum atomic E-state index is -3.25. The minimum absolute atomic E-state index is 0.0773. The summed E-state index contributed by atoms with van der Waals surface area (Å²) in [6.45, 7) is 4.14. The topological polar surface area (TPSA) is 221 Å². The van der Waals surface area contributed by atoms with E-state index in [0.29, 0.717) is 6.42 Å². The van der Waals surface area contributed by atoms with Crippen molar-refractivity contribution >= 4 is 17.4 Å². The van der Waals surface area contributed by atoms with E-state index in [0.717, 1.165) is 11.3 Å². The summed E-state index contributed by atoms with van der Waals surface area (Å²) in [7, 11) is 0. The Hall–Kier alpha value is -2.36. The molecule has 2 aliphatic heterocycles. The summed E-state index contributed by atoms with van der Waals surface area (Å²) >= 11 is 5.67. The molecule has 0 bridgehead atoms. The van der Waals surface area contributed by atoms with Gasteiger partial charge in [-0.15, -0.1) is 0 Å². The number of aliphatic imine (C=N–C) groups is 1. The molecule has 2 aliphatic rings. The summed E-state index contributed by atoms with van der Waals surface area (Å²) in [6.07, 6.45) is 5.18. The normalized spacial score (nSPS) is 22.3. The third kappa shape index (κ3) is 5.45. The summed E-state index contributed by atoms with van der Waals surface area (Å²) in [6, 6.07) is -0.562. The van der Waals surface area contributed by atoms with Crippen LogP contribution in [0.4, 0.5) is 0 Å². The maximum atomic E-state index is 11.2. The van der Waals surface area contributed by atoms with Gasteiger partial charge in [0.2, 0.25) is 11.6 Å². The molecule has 3 rings (SSSR count). The van der Waals surface area contributed by atoms with Crippen LogP contribution in [0.25, 0.3) is 0 Å². The van der Waals surface area contributed by atoms with Crippen molar-refractivity contribution in [2.24, 2.45) is 10.4 Å². The molecule has 1 aromatic carbocycles. The number of aromatic hydroxyl groups is 4. The van der Waals surface area contributed by atoms with Crippen LogP contribution >= 0.6 is 11.6 Å². The van der Waals surface area contributed by atoms with Gasteiger partial charge >= 0.3 is 0 Å². The first-order valence-corrected chi connectivity index (χ1v) is 12.0. The summed E-state index contributed by atoms with van der Waals surface area (Å²) < 4.78 is 0. The van der Waals surface area contributed by atoms with Gasteiger partial charge in [0, 0.05) is 6.54 Å². The standard InChI is InChI=1S/C23H34ClN3O10/c1-4-5-6-20(2,3)7-12-8-27(13(25-12)9-26-10-21(32,33)22(34,35)11-26)23(36,37)14-16(28)18(30)15(24)19(31)17(14)29/h5-6,12,28-37H,4,7-11H2,1-3H3. The maximum Gasteiger partial charge on any atom is 0.283 e.